The molecule has 1 amide bonds. The maximum Gasteiger partial charge on any atom is 0.337 e. The Kier molecular flexibility index (Phi) is 5.71. The zero-order valence-electron chi connectivity index (χ0n) is 16.4. The van der Waals surface area contributed by atoms with Gasteiger partial charge in [-0.1, -0.05) is 50.6 Å². The van der Waals surface area contributed by atoms with Crippen LogP contribution in [0.1, 0.15) is 47.1 Å². The summed E-state index contributed by atoms with van der Waals surface area (Å²) < 4.78 is 0. The first-order chi connectivity index (χ1) is 13.7. The van der Waals surface area contributed by atoms with E-state index in [-0.39, 0.29) is 16.7 Å². The normalized spacial score (nSPS) is 11.2. The molecule has 0 saturated carbocycles. The number of carbonyl (C=O) groups excluding carboxylic acids is 1. The van der Waals surface area contributed by atoms with Crippen molar-refractivity contribution in [2.45, 2.75) is 26.2 Å². The van der Waals surface area contributed by atoms with E-state index in [1.165, 1.54) is 12.1 Å². The molecule has 0 aliphatic carbocycles. The fourth-order valence-corrected chi connectivity index (χ4v) is 3.19. The highest BCUT2D eigenvalue weighted by Gasteiger charge is 2.19. The van der Waals surface area contributed by atoms with Crippen LogP contribution in [0.4, 0.5) is 5.69 Å². The van der Waals surface area contributed by atoms with Gasteiger partial charge in [-0.15, -0.1) is 0 Å². The second kappa shape index (κ2) is 8.05. The molecule has 0 radical (unpaired) electrons. The first kappa shape index (κ1) is 20.6. The maximum atomic E-state index is 12.7. The fraction of sp³-hybridized carbons (Fsp3) is 0.174. The Bertz CT molecular complexity index is 1060. The molecule has 0 aliphatic rings. The Morgan fingerprint density at radius 2 is 1.76 bits per heavy atom. The van der Waals surface area contributed by atoms with Crippen LogP contribution in [0.2, 0.25) is 5.02 Å². The molecule has 0 bridgehead atoms. The van der Waals surface area contributed by atoms with Gasteiger partial charge >= 0.3 is 5.97 Å². The van der Waals surface area contributed by atoms with Gasteiger partial charge in [0.1, 0.15) is 0 Å². The lowest BCUT2D eigenvalue weighted by Gasteiger charge is -2.19. The zero-order chi connectivity index (χ0) is 21.2. The molecular formula is C23H21ClN2O3. The van der Waals surface area contributed by atoms with Crippen LogP contribution in [0.3, 0.4) is 0 Å². The molecule has 0 saturated heterocycles. The van der Waals surface area contributed by atoms with Crippen LogP contribution in [0.15, 0.2) is 60.9 Å². The second-order valence-electron chi connectivity index (χ2n) is 7.71. The summed E-state index contributed by atoms with van der Waals surface area (Å²) in [5, 5.41) is 12.6. The standard InChI is InChI=1S/C23H21ClN2O3/c1-23(2,3)16-8-6-14(7-9-16)21(27)26-20-12-19(24)17(11-18(20)22(28)29)15-5-4-10-25-13-15/h4-13H,1-3H3,(H,26,27)(H,28,29). The minimum Gasteiger partial charge on any atom is -0.478 e. The van der Waals surface area contributed by atoms with Crippen molar-refractivity contribution in [3.05, 3.63) is 82.6 Å². The van der Waals surface area contributed by atoms with E-state index < -0.39 is 11.9 Å². The Hall–Kier alpha value is -3.18. The average Bonchev–Trinajstić information content (AvgIpc) is 2.68. The van der Waals surface area contributed by atoms with E-state index in [2.05, 4.69) is 31.1 Å². The van der Waals surface area contributed by atoms with E-state index in [4.69, 9.17) is 11.6 Å². The summed E-state index contributed by atoms with van der Waals surface area (Å²) in [4.78, 5) is 28.5. The topological polar surface area (TPSA) is 79.3 Å². The molecule has 3 aromatic rings. The van der Waals surface area contributed by atoms with Crippen molar-refractivity contribution in [2.24, 2.45) is 0 Å². The van der Waals surface area contributed by atoms with Crippen molar-refractivity contribution in [1.82, 2.24) is 4.98 Å². The van der Waals surface area contributed by atoms with Crippen LogP contribution in [-0.2, 0) is 5.41 Å². The van der Waals surface area contributed by atoms with E-state index >= 15 is 0 Å². The van der Waals surface area contributed by atoms with Crippen LogP contribution in [-0.4, -0.2) is 22.0 Å². The van der Waals surface area contributed by atoms with Gasteiger partial charge in [0.25, 0.3) is 5.91 Å². The monoisotopic (exact) mass is 408 g/mol. The number of rotatable bonds is 4. The predicted molar refractivity (Wildman–Crippen MR) is 115 cm³/mol. The van der Waals surface area contributed by atoms with Crippen molar-refractivity contribution >= 4 is 29.2 Å². The number of hydrogen-bond donors (Lipinski definition) is 2. The minimum atomic E-state index is -1.16. The third kappa shape index (κ3) is 4.63. The Labute approximate surface area is 174 Å². The SMILES string of the molecule is CC(C)(C)c1ccc(C(=O)Nc2cc(Cl)c(-c3cccnc3)cc2C(=O)O)cc1. The molecule has 2 aromatic carbocycles. The zero-order valence-corrected chi connectivity index (χ0v) is 17.1. The number of carbonyl (C=O) groups is 2. The van der Waals surface area contributed by atoms with Crippen molar-refractivity contribution in [3.8, 4) is 11.1 Å². The first-order valence-electron chi connectivity index (χ1n) is 9.06. The van der Waals surface area contributed by atoms with Gasteiger partial charge in [0.15, 0.2) is 0 Å². The number of aromatic carboxylic acids is 1. The number of pyridine rings is 1. The van der Waals surface area contributed by atoms with Gasteiger partial charge in [0.2, 0.25) is 0 Å². The maximum absolute atomic E-state index is 12.7. The molecule has 1 aromatic heterocycles. The van der Waals surface area contributed by atoms with Gasteiger partial charge in [-0.3, -0.25) is 9.78 Å². The molecule has 0 aliphatic heterocycles. The molecule has 29 heavy (non-hydrogen) atoms. The van der Waals surface area contributed by atoms with Crippen LogP contribution < -0.4 is 5.32 Å². The van der Waals surface area contributed by atoms with Crippen LogP contribution >= 0.6 is 11.6 Å². The molecule has 0 atom stereocenters. The van der Waals surface area contributed by atoms with E-state index in [1.54, 1.807) is 36.7 Å². The fourth-order valence-electron chi connectivity index (χ4n) is 2.91. The van der Waals surface area contributed by atoms with Gasteiger partial charge in [0, 0.05) is 29.1 Å². The number of amides is 1. The van der Waals surface area contributed by atoms with Crippen molar-refractivity contribution in [3.63, 3.8) is 0 Å². The van der Waals surface area contributed by atoms with E-state index in [0.717, 1.165) is 5.56 Å². The van der Waals surface area contributed by atoms with Crippen LogP contribution in [0, 0.1) is 0 Å². The number of benzene rings is 2. The summed E-state index contributed by atoms with van der Waals surface area (Å²) in [5.41, 5.74) is 2.82. The number of halogens is 1. The number of hydrogen-bond acceptors (Lipinski definition) is 3. The number of nitrogens with zero attached hydrogens (tertiary/aromatic N) is 1. The molecule has 148 valence electrons. The molecule has 0 fully saturated rings. The summed E-state index contributed by atoms with van der Waals surface area (Å²) in [6.45, 7) is 6.27. The number of carboxylic acid groups (broad SMARTS) is 1. The number of carboxylic acids is 1. The quantitative estimate of drug-likeness (QED) is 0.584. The van der Waals surface area contributed by atoms with Crippen molar-refractivity contribution in [1.29, 1.82) is 0 Å². The van der Waals surface area contributed by atoms with Crippen molar-refractivity contribution < 1.29 is 14.7 Å². The number of anilines is 1. The van der Waals surface area contributed by atoms with Gasteiger partial charge in [-0.2, -0.15) is 0 Å². The van der Waals surface area contributed by atoms with Crippen LogP contribution in [0.25, 0.3) is 11.1 Å². The van der Waals surface area contributed by atoms with Crippen molar-refractivity contribution in [2.75, 3.05) is 5.32 Å². The lowest BCUT2D eigenvalue weighted by molar-refractivity contribution is 0.0698. The molecule has 5 nitrogen and oxygen atoms in total. The first-order valence-corrected chi connectivity index (χ1v) is 9.44. The Morgan fingerprint density at radius 3 is 2.31 bits per heavy atom. The minimum absolute atomic E-state index is 0.0267. The van der Waals surface area contributed by atoms with Gasteiger partial charge in [-0.25, -0.2) is 4.79 Å². The van der Waals surface area contributed by atoms with Gasteiger partial charge < -0.3 is 10.4 Å². The van der Waals surface area contributed by atoms with Gasteiger partial charge in [-0.05, 0) is 41.3 Å². The second-order valence-corrected chi connectivity index (χ2v) is 8.11. The van der Waals surface area contributed by atoms with E-state index in [1.807, 2.05) is 12.1 Å². The lowest BCUT2D eigenvalue weighted by Crippen LogP contribution is -2.16. The largest absolute Gasteiger partial charge is 0.478 e. The third-order valence-corrected chi connectivity index (χ3v) is 4.88. The Morgan fingerprint density at radius 1 is 1.07 bits per heavy atom. The smallest absolute Gasteiger partial charge is 0.337 e. The summed E-state index contributed by atoms with van der Waals surface area (Å²) >= 11 is 6.37. The summed E-state index contributed by atoms with van der Waals surface area (Å²) in [6.07, 6.45) is 3.22. The summed E-state index contributed by atoms with van der Waals surface area (Å²) in [6, 6.07) is 13.7. The summed E-state index contributed by atoms with van der Waals surface area (Å²) in [5.74, 6) is -1.57. The highest BCUT2D eigenvalue weighted by atomic mass is 35.5. The summed E-state index contributed by atoms with van der Waals surface area (Å²) in [7, 11) is 0. The number of aromatic nitrogens is 1. The number of nitrogens with one attached hydrogen (secondary N) is 1. The molecule has 0 unspecified atom stereocenters. The highest BCUT2D eigenvalue weighted by Crippen LogP contribution is 2.33. The third-order valence-electron chi connectivity index (χ3n) is 4.57. The molecule has 2 N–H and O–H groups in total. The molecule has 0 spiro atoms. The molecule has 3 rings (SSSR count). The van der Waals surface area contributed by atoms with E-state index in [9.17, 15) is 14.7 Å². The lowest BCUT2D eigenvalue weighted by atomic mass is 9.86. The van der Waals surface area contributed by atoms with Gasteiger partial charge in [0.05, 0.1) is 16.3 Å². The average molecular weight is 409 g/mol. The predicted octanol–water partition coefficient (Wildman–Crippen LogP) is 5.65. The van der Waals surface area contributed by atoms with Crippen LogP contribution in [0.5, 0.6) is 0 Å². The molecular weight excluding hydrogens is 388 g/mol. The molecule has 1 heterocycles. The highest BCUT2D eigenvalue weighted by molar-refractivity contribution is 6.34. The Balaban J connectivity index is 1.93. The molecule has 6 heteroatoms. The van der Waals surface area contributed by atoms with E-state index in [0.29, 0.717) is 21.7 Å².